The monoisotopic (exact) mass is 269 g/mol. The number of hydrogen-bond donors (Lipinski definition) is 1. The van der Waals surface area contributed by atoms with Crippen LogP contribution in [0.2, 0.25) is 0 Å². The van der Waals surface area contributed by atoms with Gasteiger partial charge in [-0.1, -0.05) is 13.8 Å². The molecular weight excluding hydrogens is 246 g/mol. The summed E-state index contributed by atoms with van der Waals surface area (Å²) in [7, 11) is 1.70. The molecule has 102 valence electrons. The lowest BCUT2D eigenvalue weighted by Crippen LogP contribution is -2.18. The summed E-state index contributed by atoms with van der Waals surface area (Å²) in [5, 5.41) is 3.27. The van der Waals surface area contributed by atoms with Crippen molar-refractivity contribution in [3.8, 4) is 0 Å². The van der Waals surface area contributed by atoms with Gasteiger partial charge in [-0.3, -0.25) is 0 Å². The van der Waals surface area contributed by atoms with Gasteiger partial charge in [-0.15, -0.1) is 0 Å². The van der Waals surface area contributed by atoms with Crippen molar-refractivity contribution >= 4 is 11.8 Å². The highest BCUT2D eigenvalue weighted by Crippen LogP contribution is 2.12. The number of aromatic nitrogens is 2. The molecule has 0 aliphatic rings. The van der Waals surface area contributed by atoms with Crippen molar-refractivity contribution in [2.24, 2.45) is 5.92 Å². The summed E-state index contributed by atoms with van der Waals surface area (Å²) < 4.78 is 4.97. The second-order valence-electron chi connectivity index (χ2n) is 4.59. The van der Waals surface area contributed by atoms with E-state index in [1.165, 1.54) is 0 Å². The average molecular weight is 269 g/mol. The van der Waals surface area contributed by atoms with E-state index in [1.807, 2.05) is 24.2 Å². The van der Waals surface area contributed by atoms with E-state index in [-0.39, 0.29) is 0 Å². The molecule has 0 saturated carbocycles. The molecule has 0 fully saturated rings. The van der Waals surface area contributed by atoms with E-state index in [4.69, 9.17) is 4.74 Å². The maximum absolute atomic E-state index is 4.97. The quantitative estimate of drug-likeness (QED) is 0.696. The Morgan fingerprint density at radius 3 is 2.67 bits per heavy atom. The molecule has 0 spiro atoms. The second-order valence-corrected chi connectivity index (χ2v) is 5.62. The molecule has 1 N–H and O–H groups in total. The Bertz CT molecular complexity index is 317. The van der Waals surface area contributed by atoms with E-state index in [9.17, 15) is 0 Å². The summed E-state index contributed by atoms with van der Waals surface area (Å²) in [6.07, 6.45) is 3.80. The standard InChI is InChI=1S/C13H23N3OS/c1-11(2)9-18-10-13-15-7-12(8-16-13)6-14-4-5-17-3/h7-8,11,14H,4-6,9-10H2,1-3H3. The van der Waals surface area contributed by atoms with Crippen molar-refractivity contribution in [1.82, 2.24) is 15.3 Å². The Kier molecular flexibility index (Phi) is 7.96. The molecule has 0 aliphatic heterocycles. The predicted octanol–water partition coefficient (Wildman–Crippen LogP) is 2.10. The SMILES string of the molecule is COCCNCc1cnc(CSCC(C)C)nc1. The van der Waals surface area contributed by atoms with Gasteiger partial charge in [0.25, 0.3) is 0 Å². The van der Waals surface area contributed by atoms with E-state index in [0.29, 0.717) is 0 Å². The van der Waals surface area contributed by atoms with E-state index in [2.05, 4.69) is 29.1 Å². The van der Waals surface area contributed by atoms with Gasteiger partial charge in [0.2, 0.25) is 0 Å². The number of rotatable bonds is 9. The van der Waals surface area contributed by atoms with Crippen LogP contribution in [0.1, 0.15) is 25.2 Å². The van der Waals surface area contributed by atoms with Crippen LogP contribution in [0.3, 0.4) is 0 Å². The van der Waals surface area contributed by atoms with Gasteiger partial charge in [-0.05, 0) is 11.7 Å². The van der Waals surface area contributed by atoms with Gasteiger partial charge < -0.3 is 10.1 Å². The third-order valence-electron chi connectivity index (χ3n) is 2.25. The van der Waals surface area contributed by atoms with Crippen molar-refractivity contribution in [2.45, 2.75) is 26.1 Å². The molecule has 0 aliphatic carbocycles. The summed E-state index contributed by atoms with van der Waals surface area (Å²) in [4.78, 5) is 8.74. The van der Waals surface area contributed by atoms with Gasteiger partial charge in [0.1, 0.15) is 5.82 Å². The van der Waals surface area contributed by atoms with Crippen LogP contribution in [0.25, 0.3) is 0 Å². The third kappa shape index (κ3) is 6.93. The normalized spacial score (nSPS) is 11.1. The van der Waals surface area contributed by atoms with E-state index in [1.54, 1.807) is 7.11 Å². The second kappa shape index (κ2) is 9.30. The van der Waals surface area contributed by atoms with Gasteiger partial charge >= 0.3 is 0 Å². The fourth-order valence-electron chi connectivity index (χ4n) is 1.34. The molecule has 0 radical (unpaired) electrons. The van der Waals surface area contributed by atoms with Crippen LogP contribution >= 0.6 is 11.8 Å². The van der Waals surface area contributed by atoms with Crippen LogP contribution in [-0.4, -0.2) is 36.0 Å². The van der Waals surface area contributed by atoms with Crippen LogP contribution in [-0.2, 0) is 17.0 Å². The van der Waals surface area contributed by atoms with Crippen molar-refractivity contribution in [1.29, 1.82) is 0 Å². The lowest BCUT2D eigenvalue weighted by Gasteiger charge is -2.05. The highest BCUT2D eigenvalue weighted by Gasteiger charge is 2.00. The summed E-state index contributed by atoms with van der Waals surface area (Å²) in [6, 6.07) is 0. The molecule has 1 rings (SSSR count). The molecule has 0 unspecified atom stereocenters. The zero-order valence-electron chi connectivity index (χ0n) is 11.5. The topological polar surface area (TPSA) is 47.0 Å². The molecule has 5 heteroatoms. The maximum atomic E-state index is 4.97. The Balaban J connectivity index is 2.24. The average Bonchev–Trinajstić information content (AvgIpc) is 2.36. The maximum Gasteiger partial charge on any atom is 0.138 e. The fourth-order valence-corrected chi connectivity index (χ4v) is 2.26. The Morgan fingerprint density at radius 2 is 2.06 bits per heavy atom. The first-order valence-electron chi connectivity index (χ1n) is 6.29. The van der Waals surface area contributed by atoms with Crippen LogP contribution in [0, 0.1) is 5.92 Å². The van der Waals surface area contributed by atoms with Crippen LogP contribution in [0.15, 0.2) is 12.4 Å². The van der Waals surface area contributed by atoms with Crippen molar-refractivity contribution in [3.05, 3.63) is 23.8 Å². The minimum absolute atomic E-state index is 0.722. The molecule has 4 nitrogen and oxygen atoms in total. The molecule has 0 atom stereocenters. The summed E-state index contributed by atoms with van der Waals surface area (Å²) in [5.41, 5.74) is 1.11. The first-order chi connectivity index (χ1) is 8.72. The summed E-state index contributed by atoms with van der Waals surface area (Å²) >= 11 is 1.89. The number of nitrogens with zero attached hydrogens (tertiary/aromatic N) is 2. The molecule has 1 aromatic rings. The van der Waals surface area contributed by atoms with Gasteiger partial charge in [-0.25, -0.2) is 9.97 Å². The number of ether oxygens (including phenoxy) is 1. The van der Waals surface area contributed by atoms with E-state index >= 15 is 0 Å². The smallest absolute Gasteiger partial charge is 0.138 e. The fraction of sp³-hybridized carbons (Fsp3) is 0.692. The Hall–Kier alpha value is -0.650. The van der Waals surface area contributed by atoms with Crippen LogP contribution in [0.5, 0.6) is 0 Å². The first kappa shape index (κ1) is 15.4. The molecule has 0 saturated heterocycles. The highest BCUT2D eigenvalue weighted by atomic mass is 32.2. The van der Waals surface area contributed by atoms with Gasteiger partial charge in [0.15, 0.2) is 0 Å². The molecule has 0 bridgehead atoms. The van der Waals surface area contributed by atoms with E-state index < -0.39 is 0 Å². The minimum Gasteiger partial charge on any atom is -0.383 e. The number of methoxy groups -OCH3 is 1. The van der Waals surface area contributed by atoms with Gasteiger partial charge in [0.05, 0.1) is 12.4 Å². The Labute approximate surface area is 114 Å². The van der Waals surface area contributed by atoms with Gasteiger partial charge in [-0.2, -0.15) is 11.8 Å². The predicted molar refractivity (Wildman–Crippen MR) is 76.6 cm³/mol. The number of hydrogen-bond acceptors (Lipinski definition) is 5. The zero-order valence-corrected chi connectivity index (χ0v) is 12.3. The van der Waals surface area contributed by atoms with E-state index in [0.717, 1.165) is 48.5 Å². The Morgan fingerprint density at radius 1 is 1.33 bits per heavy atom. The molecule has 0 aromatic carbocycles. The largest absolute Gasteiger partial charge is 0.383 e. The molecule has 18 heavy (non-hydrogen) atoms. The van der Waals surface area contributed by atoms with Crippen LogP contribution < -0.4 is 5.32 Å². The van der Waals surface area contributed by atoms with Gasteiger partial charge in [0, 0.05) is 38.2 Å². The molecule has 1 aromatic heterocycles. The highest BCUT2D eigenvalue weighted by molar-refractivity contribution is 7.98. The summed E-state index contributed by atoms with van der Waals surface area (Å²) in [5.74, 6) is 3.69. The zero-order chi connectivity index (χ0) is 13.2. The van der Waals surface area contributed by atoms with Crippen molar-refractivity contribution < 1.29 is 4.74 Å². The number of thioether (sulfide) groups is 1. The minimum atomic E-state index is 0.722. The number of nitrogens with one attached hydrogen (secondary N) is 1. The summed E-state index contributed by atoms with van der Waals surface area (Å²) in [6.45, 7) is 6.82. The first-order valence-corrected chi connectivity index (χ1v) is 7.45. The molecule has 0 amide bonds. The van der Waals surface area contributed by atoms with Crippen molar-refractivity contribution in [3.63, 3.8) is 0 Å². The van der Waals surface area contributed by atoms with Crippen LogP contribution in [0.4, 0.5) is 0 Å². The lowest BCUT2D eigenvalue weighted by molar-refractivity contribution is 0.199. The molecular formula is C13H23N3OS. The third-order valence-corrected chi connectivity index (χ3v) is 3.62. The van der Waals surface area contributed by atoms with Crippen molar-refractivity contribution in [2.75, 3.05) is 26.0 Å². The molecule has 1 heterocycles. The lowest BCUT2D eigenvalue weighted by atomic mass is 10.3.